The van der Waals surface area contributed by atoms with Gasteiger partial charge in [0, 0.05) is 16.0 Å². The van der Waals surface area contributed by atoms with Gasteiger partial charge in [-0.2, -0.15) is 5.26 Å². The van der Waals surface area contributed by atoms with Crippen molar-refractivity contribution in [1.29, 1.82) is 5.26 Å². The molecule has 0 unspecified atom stereocenters. The normalized spacial score (nSPS) is 10.0. The van der Waals surface area contributed by atoms with Crippen molar-refractivity contribution < 1.29 is 9.90 Å². The van der Waals surface area contributed by atoms with Crippen LogP contribution in [0.2, 0.25) is 0 Å². The molecule has 1 N–H and O–H groups in total. The molecule has 0 radical (unpaired) electrons. The van der Waals surface area contributed by atoms with Gasteiger partial charge in [-0.1, -0.05) is 17.8 Å². The van der Waals surface area contributed by atoms with Gasteiger partial charge in [-0.05, 0) is 30.5 Å². The molecule has 1 heterocycles. The number of hydrogen-bond acceptors (Lipinski definition) is 5. The summed E-state index contributed by atoms with van der Waals surface area (Å²) >= 11 is 2.79. The molecule has 4 nitrogen and oxygen atoms in total. The van der Waals surface area contributed by atoms with E-state index in [9.17, 15) is 10.1 Å². The summed E-state index contributed by atoms with van der Waals surface area (Å²) < 4.78 is 0. The molecule has 0 saturated carbocycles. The fraction of sp³-hybridized carbons (Fsp3) is 0.0714. The van der Waals surface area contributed by atoms with E-state index < -0.39 is 5.97 Å². The maximum atomic E-state index is 10.9. The predicted molar refractivity (Wildman–Crippen MR) is 78.3 cm³/mol. The molecule has 6 heteroatoms. The van der Waals surface area contributed by atoms with E-state index in [4.69, 9.17) is 5.11 Å². The second-order valence-corrected chi connectivity index (χ2v) is 5.65. The van der Waals surface area contributed by atoms with Crippen molar-refractivity contribution in [2.24, 2.45) is 0 Å². The maximum absolute atomic E-state index is 10.9. The first-order chi connectivity index (χ1) is 9.65. The zero-order valence-corrected chi connectivity index (χ0v) is 12.2. The maximum Gasteiger partial charge on any atom is 0.335 e. The zero-order valence-electron chi connectivity index (χ0n) is 10.5. The van der Waals surface area contributed by atoms with E-state index in [1.165, 1.54) is 41.9 Å². The molecular formula is C14H10N2O2S2. The van der Waals surface area contributed by atoms with Gasteiger partial charge >= 0.3 is 5.97 Å². The number of carboxylic acids is 1. The van der Waals surface area contributed by atoms with E-state index >= 15 is 0 Å². The van der Waals surface area contributed by atoms with E-state index in [1.54, 1.807) is 0 Å². The van der Waals surface area contributed by atoms with Crippen LogP contribution in [0.5, 0.6) is 0 Å². The Bertz CT molecular complexity index is 696. The summed E-state index contributed by atoms with van der Waals surface area (Å²) in [4.78, 5) is 16.7. The Morgan fingerprint density at radius 3 is 2.75 bits per heavy atom. The van der Waals surface area contributed by atoms with Crippen molar-refractivity contribution in [2.75, 3.05) is 6.26 Å². The molecular weight excluding hydrogens is 292 g/mol. The van der Waals surface area contributed by atoms with Crippen molar-refractivity contribution in [2.45, 2.75) is 14.8 Å². The first kappa shape index (κ1) is 14.4. The van der Waals surface area contributed by atoms with Gasteiger partial charge in [0.2, 0.25) is 0 Å². The lowest BCUT2D eigenvalue weighted by Crippen LogP contribution is -1.96. The lowest BCUT2D eigenvalue weighted by molar-refractivity contribution is 0.0696. The van der Waals surface area contributed by atoms with Gasteiger partial charge in [-0.25, -0.2) is 9.78 Å². The van der Waals surface area contributed by atoms with Crippen molar-refractivity contribution in [3.63, 3.8) is 0 Å². The third kappa shape index (κ3) is 3.13. The predicted octanol–water partition coefficient (Wildman–Crippen LogP) is 3.52. The number of benzene rings is 1. The number of thioether (sulfide) groups is 1. The summed E-state index contributed by atoms with van der Waals surface area (Å²) in [5, 5.41) is 18.8. The van der Waals surface area contributed by atoms with Gasteiger partial charge in [0.1, 0.15) is 11.1 Å². The van der Waals surface area contributed by atoms with Crippen LogP contribution < -0.4 is 0 Å². The van der Waals surface area contributed by atoms with Gasteiger partial charge in [0.25, 0.3) is 0 Å². The molecule has 100 valence electrons. The second-order valence-electron chi connectivity index (χ2n) is 3.74. The highest BCUT2D eigenvalue weighted by atomic mass is 32.2. The molecule has 0 bridgehead atoms. The number of carbonyl (C=O) groups is 1. The Balaban J connectivity index is 2.38. The summed E-state index contributed by atoms with van der Waals surface area (Å²) in [7, 11) is 0. The molecule has 0 aliphatic heterocycles. The summed E-state index contributed by atoms with van der Waals surface area (Å²) in [6.07, 6.45) is 3.37. The smallest absolute Gasteiger partial charge is 0.335 e. The average Bonchev–Trinajstić information content (AvgIpc) is 2.47. The Hall–Kier alpha value is -1.97. The van der Waals surface area contributed by atoms with Crippen LogP contribution in [-0.2, 0) is 0 Å². The van der Waals surface area contributed by atoms with Crippen LogP contribution in [0.1, 0.15) is 15.9 Å². The minimum atomic E-state index is -0.993. The van der Waals surface area contributed by atoms with Gasteiger partial charge in [-0.3, -0.25) is 0 Å². The minimum absolute atomic E-state index is 0.182. The highest BCUT2D eigenvalue weighted by Gasteiger charge is 2.11. The molecule has 0 saturated heterocycles. The van der Waals surface area contributed by atoms with Gasteiger partial charge in [0.15, 0.2) is 0 Å². The van der Waals surface area contributed by atoms with Crippen molar-refractivity contribution >= 4 is 29.5 Å². The molecule has 1 aromatic heterocycles. The molecule has 20 heavy (non-hydrogen) atoms. The molecule has 0 amide bonds. The molecule has 0 aliphatic carbocycles. The number of nitriles is 1. The van der Waals surface area contributed by atoms with Crippen LogP contribution in [0, 0.1) is 11.3 Å². The first-order valence-electron chi connectivity index (χ1n) is 5.60. The quantitative estimate of drug-likeness (QED) is 0.871. The van der Waals surface area contributed by atoms with Crippen LogP contribution in [0.3, 0.4) is 0 Å². The van der Waals surface area contributed by atoms with E-state index in [0.717, 1.165) is 9.79 Å². The Kier molecular flexibility index (Phi) is 4.66. The Morgan fingerprint density at radius 2 is 2.10 bits per heavy atom. The van der Waals surface area contributed by atoms with E-state index in [0.29, 0.717) is 10.6 Å². The van der Waals surface area contributed by atoms with Gasteiger partial charge in [-0.15, -0.1) is 11.8 Å². The number of aromatic carboxylic acids is 1. The van der Waals surface area contributed by atoms with Crippen molar-refractivity contribution in [1.82, 2.24) is 4.98 Å². The third-order valence-corrected chi connectivity index (χ3v) is 4.29. The van der Waals surface area contributed by atoms with Gasteiger partial charge in [0.05, 0.1) is 11.1 Å². The lowest BCUT2D eigenvalue weighted by Gasteiger charge is -2.07. The SMILES string of the molecule is CSc1cccc(Sc2cc(C(=O)O)ccn2)c1C#N. The molecule has 0 spiro atoms. The molecule has 2 rings (SSSR count). The fourth-order valence-corrected chi connectivity index (χ4v) is 3.16. The second kappa shape index (κ2) is 6.46. The molecule has 0 aliphatic rings. The summed E-state index contributed by atoms with van der Waals surface area (Å²) in [5.41, 5.74) is 0.773. The topological polar surface area (TPSA) is 74.0 Å². The molecule has 2 aromatic rings. The van der Waals surface area contributed by atoms with E-state index in [2.05, 4.69) is 11.1 Å². The number of rotatable bonds is 4. The Labute approximate surface area is 124 Å². The molecule has 1 aromatic carbocycles. The number of pyridine rings is 1. The Morgan fingerprint density at radius 1 is 1.35 bits per heavy atom. The first-order valence-corrected chi connectivity index (χ1v) is 7.64. The van der Waals surface area contributed by atoms with Crippen LogP contribution in [0.15, 0.2) is 51.3 Å². The number of nitrogens with zero attached hydrogens (tertiary/aromatic N) is 2. The van der Waals surface area contributed by atoms with Crippen molar-refractivity contribution in [3.05, 3.63) is 47.7 Å². The highest BCUT2D eigenvalue weighted by molar-refractivity contribution is 7.99. The van der Waals surface area contributed by atoms with Crippen LogP contribution in [-0.4, -0.2) is 22.3 Å². The monoisotopic (exact) mass is 302 g/mol. The molecule has 0 fully saturated rings. The lowest BCUT2D eigenvalue weighted by atomic mass is 10.2. The number of hydrogen-bond donors (Lipinski definition) is 1. The number of carboxylic acid groups (broad SMARTS) is 1. The van der Waals surface area contributed by atoms with Crippen LogP contribution in [0.4, 0.5) is 0 Å². The summed E-state index contributed by atoms with van der Waals surface area (Å²) in [5.74, 6) is -0.993. The highest BCUT2D eigenvalue weighted by Crippen LogP contribution is 2.33. The summed E-state index contributed by atoms with van der Waals surface area (Å²) in [6.45, 7) is 0. The standard InChI is InChI=1S/C14H10N2O2S2/c1-19-11-3-2-4-12(10(11)8-15)20-13-7-9(14(17)18)5-6-16-13/h2-7H,1H3,(H,17,18). The van der Waals surface area contributed by atoms with Crippen molar-refractivity contribution in [3.8, 4) is 6.07 Å². The van der Waals surface area contributed by atoms with E-state index in [-0.39, 0.29) is 5.56 Å². The van der Waals surface area contributed by atoms with Gasteiger partial charge < -0.3 is 5.11 Å². The third-order valence-electron chi connectivity index (χ3n) is 2.52. The zero-order chi connectivity index (χ0) is 14.5. The number of aromatic nitrogens is 1. The largest absolute Gasteiger partial charge is 0.478 e. The minimum Gasteiger partial charge on any atom is -0.478 e. The summed E-state index contributed by atoms with van der Waals surface area (Å²) in [6, 6.07) is 10.7. The van der Waals surface area contributed by atoms with E-state index in [1.807, 2.05) is 24.5 Å². The van der Waals surface area contributed by atoms with Crippen LogP contribution in [0.25, 0.3) is 0 Å². The fourth-order valence-electron chi connectivity index (χ4n) is 1.59. The molecule has 0 atom stereocenters. The van der Waals surface area contributed by atoms with Crippen LogP contribution >= 0.6 is 23.5 Å². The average molecular weight is 302 g/mol.